The minimum absolute atomic E-state index is 0.0233. The Bertz CT molecular complexity index is 514. The van der Waals surface area contributed by atoms with Gasteiger partial charge in [-0.3, -0.25) is 14.9 Å². The summed E-state index contributed by atoms with van der Waals surface area (Å²) < 4.78 is 18.5. The van der Waals surface area contributed by atoms with Crippen LogP contribution in [0.3, 0.4) is 0 Å². The van der Waals surface area contributed by atoms with Crippen molar-refractivity contribution in [1.29, 1.82) is 0 Å². The third-order valence-electron chi connectivity index (χ3n) is 2.91. The highest BCUT2D eigenvalue weighted by Crippen LogP contribution is 2.32. The van der Waals surface area contributed by atoms with Crippen LogP contribution in [0.15, 0.2) is 18.2 Å². The average Bonchev–Trinajstić information content (AvgIpc) is 2.25. The van der Waals surface area contributed by atoms with E-state index in [4.69, 9.17) is 4.74 Å². The van der Waals surface area contributed by atoms with E-state index in [-0.39, 0.29) is 29.5 Å². The zero-order valence-corrected chi connectivity index (χ0v) is 10.3. The van der Waals surface area contributed by atoms with Gasteiger partial charge in [0.25, 0.3) is 0 Å². The van der Waals surface area contributed by atoms with Crippen LogP contribution in [0.1, 0.15) is 19.8 Å². The molecule has 1 aromatic rings. The molecule has 102 valence electrons. The van der Waals surface area contributed by atoms with Gasteiger partial charge in [-0.2, -0.15) is 0 Å². The molecule has 1 amide bonds. The normalized spacial score (nSPS) is 21.4. The van der Waals surface area contributed by atoms with Gasteiger partial charge in [-0.25, -0.2) is 4.39 Å². The number of carbonyl (C=O) groups excluding carboxylic acids is 1. The number of ether oxygens (including phenoxy) is 1. The zero-order chi connectivity index (χ0) is 14.0. The number of carbonyl (C=O) groups is 1. The Balaban J connectivity index is 1.99. The van der Waals surface area contributed by atoms with E-state index in [0.717, 1.165) is 18.2 Å². The molecule has 0 unspecified atom stereocenters. The highest BCUT2D eigenvalue weighted by Gasteiger charge is 2.33. The van der Waals surface area contributed by atoms with Crippen LogP contribution < -0.4 is 10.1 Å². The maximum Gasteiger partial charge on any atom is 0.311 e. The van der Waals surface area contributed by atoms with E-state index in [0.29, 0.717) is 12.8 Å². The summed E-state index contributed by atoms with van der Waals surface area (Å²) in [7, 11) is 0. The molecule has 1 fully saturated rings. The van der Waals surface area contributed by atoms with Crippen molar-refractivity contribution in [1.82, 2.24) is 5.32 Å². The summed E-state index contributed by atoms with van der Waals surface area (Å²) >= 11 is 0. The highest BCUT2D eigenvalue weighted by molar-refractivity contribution is 5.73. The number of nitrogens with one attached hydrogen (secondary N) is 1. The van der Waals surface area contributed by atoms with Crippen molar-refractivity contribution in [2.24, 2.45) is 0 Å². The third kappa shape index (κ3) is 3.18. The maximum absolute atomic E-state index is 13.1. The fraction of sp³-hybridized carbons (Fsp3) is 0.417. The Morgan fingerprint density at radius 1 is 1.53 bits per heavy atom. The summed E-state index contributed by atoms with van der Waals surface area (Å²) in [4.78, 5) is 21.0. The van der Waals surface area contributed by atoms with Crippen LogP contribution >= 0.6 is 0 Å². The fourth-order valence-electron chi connectivity index (χ4n) is 1.98. The van der Waals surface area contributed by atoms with Crippen molar-refractivity contribution in [3.8, 4) is 5.75 Å². The molecule has 1 aliphatic rings. The van der Waals surface area contributed by atoms with Crippen molar-refractivity contribution in [2.75, 3.05) is 0 Å². The van der Waals surface area contributed by atoms with Crippen LogP contribution in [-0.4, -0.2) is 23.0 Å². The van der Waals surface area contributed by atoms with Crippen LogP contribution in [0, 0.1) is 15.9 Å². The Morgan fingerprint density at radius 2 is 2.21 bits per heavy atom. The second-order valence-corrected chi connectivity index (χ2v) is 4.48. The maximum atomic E-state index is 13.1. The summed E-state index contributed by atoms with van der Waals surface area (Å²) in [6.07, 6.45) is 0.887. The number of benzene rings is 1. The lowest BCUT2D eigenvalue weighted by molar-refractivity contribution is -0.386. The Labute approximate surface area is 108 Å². The molecule has 0 radical (unpaired) electrons. The van der Waals surface area contributed by atoms with E-state index < -0.39 is 10.7 Å². The van der Waals surface area contributed by atoms with E-state index in [1.165, 1.54) is 6.92 Å². The van der Waals surface area contributed by atoms with E-state index in [9.17, 15) is 19.3 Å². The SMILES string of the molecule is CC(=O)N[C@H]1C[C@H](Oc2cc(F)ccc2[N+](=O)[O-])C1. The van der Waals surface area contributed by atoms with Gasteiger partial charge in [0.05, 0.1) is 4.92 Å². The number of hydrogen-bond donors (Lipinski definition) is 1. The van der Waals surface area contributed by atoms with Crippen molar-refractivity contribution < 1.29 is 18.8 Å². The summed E-state index contributed by atoms with van der Waals surface area (Å²) in [5, 5.41) is 13.5. The summed E-state index contributed by atoms with van der Waals surface area (Å²) in [6.45, 7) is 1.42. The van der Waals surface area contributed by atoms with Crippen molar-refractivity contribution in [2.45, 2.75) is 31.9 Å². The molecule has 0 bridgehead atoms. The monoisotopic (exact) mass is 268 g/mol. The van der Waals surface area contributed by atoms with Crippen LogP contribution in [0.2, 0.25) is 0 Å². The second-order valence-electron chi connectivity index (χ2n) is 4.48. The largest absolute Gasteiger partial charge is 0.483 e. The first-order valence-corrected chi connectivity index (χ1v) is 5.83. The van der Waals surface area contributed by atoms with Crippen LogP contribution in [-0.2, 0) is 4.79 Å². The molecule has 0 aromatic heterocycles. The van der Waals surface area contributed by atoms with Crippen LogP contribution in [0.4, 0.5) is 10.1 Å². The second kappa shape index (κ2) is 5.21. The smallest absolute Gasteiger partial charge is 0.311 e. The number of nitrogens with zero attached hydrogens (tertiary/aromatic N) is 1. The molecule has 0 saturated heterocycles. The number of amides is 1. The standard InChI is InChI=1S/C12H13FN2O4/c1-7(16)14-9-5-10(6-9)19-12-4-8(13)2-3-11(12)15(17)18/h2-4,9-10H,5-6H2,1H3,(H,14,16)/t9-,10-. The molecule has 0 spiro atoms. The molecule has 2 rings (SSSR count). The molecule has 0 heterocycles. The number of halogens is 1. The summed E-state index contributed by atoms with van der Waals surface area (Å²) in [6, 6.07) is 3.12. The number of hydrogen-bond acceptors (Lipinski definition) is 4. The molecule has 1 aliphatic carbocycles. The van der Waals surface area contributed by atoms with E-state index in [1.54, 1.807) is 0 Å². The number of nitro benzene ring substituents is 1. The topological polar surface area (TPSA) is 81.5 Å². The predicted octanol–water partition coefficient (Wildman–Crippen LogP) is 1.78. The quantitative estimate of drug-likeness (QED) is 0.666. The van der Waals surface area contributed by atoms with Crippen molar-refractivity contribution >= 4 is 11.6 Å². The average molecular weight is 268 g/mol. The predicted molar refractivity (Wildman–Crippen MR) is 64.3 cm³/mol. The number of rotatable bonds is 4. The summed E-state index contributed by atoms with van der Waals surface area (Å²) in [5.74, 6) is -0.783. The molecule has 1 saturated carbocycles. The molecule has 0 atom stereocenters. The Hall–Kier alpha value is -2.18. The molecule has 19 heavy (non-hydrogen) atoms. The van der Waals surface area contributed by atoms with Gasteiger partial charge >= 0.3 is 5.69 Å². The van der Waals surface area contributed by atoms with E-state index in [2.05, 4.69) is 5.32 Å². The van der Waals surface area contributed by atoms with Crippen LogP contribution in [0.5, 0.6) is 5.75 Å². The van der Waals surface area contributed by atoms with Gasteiger partial charge in [-0.15, -0.1) is 0 Å². The molecular weight excluding hydrogens is 255 g/mol. The van der Waals surface area contributed by atoms with Gasteiger partial charge in [0.15, 0.2) is 5.75 Å². The van der Waals surface area contributed by atoms with Crippen molar-refractivity contribution in [3.63, 3.8) is 0 Å². The van der Waals surface area contributed by atoms with Gasteiger partial charge in [-0.1, -0.05) is 0 Å². The lowest BCUT2D eigenvalue weighted by Gasteiger charge is -2.35. The van der Waals surface area contributed by atoms with Gasteiger partial charge in [0.1, 0.15) is 11.9 Å². The third-order valence-corrected chi connectivity index (χ3v) is 2.91. The van der Waals surface area contributed by atoms with Crippen LogP contribution in [0.25, 0.3) is 0 Å². The lowest BCUT2D eigenvalue weighted by atomic mass is 9.89. The molecule has 6 nitrogen and oxygen atoms in total. The Kier molecular flexibility index (Phi) is 3.64. The molecule has 1 aromatic carbocycles. The summed E-state index contributed by atoms with van der Waals surface area (Å²) in [5.41, 5.74) is -0.260. The lowest BCUT2D eigenvalue weighted by Crippen LogP contribution is -2.48. The highest BCUT2D eigenvalue weighted by atomic mass is 19.1. The molecular formula is C12H13FN2O4. The van der Waals surface area contributed by atoms with Gasteiger partial charge in [-0.05, 0) is 6.07 Å². The fourth-order valence-corrected chi connectivity index (χ4v) is 1.98. The Morgan fingerprint density at radius 3 is 2.79 bits per heavy atom. The van der Waals surface area contributed by atoms with E-state index >= 15 is 0 Å². The molecule has 0 aliphatic heterocycles. The van der Waals surface area contributed by atoms with E-state index in [1.807, 2.05) is 0 Å². The molecule has 7 heteroatoms. The van der Waals surface area contributed by atoms with Gasteiger partial charge < -0.3 is 10.1 Å². The first kappa shape index (κ1) is 13.3. The minimum Gasteiger partial charge on any atom is -0.483 e. The zero-order valence-electron chi connectivity index (χ0n) is 10.3. The minimum atomic E-state index is -0.612. The first-order valence-electron chi connectivity index (χ1n) is 5.83. The van der Waals surface area contributed by atoms with Gasteiger partial charge in [0, 0.05) is 37.9 Å². The molecule has 1 N–H and O–H groups in total. The van der Waals surface area contributed by atoms with Gasteiger partial charge in [0.2, 0.25) is 5.91 Å². The van der Waals surface area contributed by atoms with Crippen molar-refractivity contribution in [3.05, 3.63) is 34.1 Å². The first-order chi connectivity index (χ1) is 8.95. The number of nitro groups is 1.